The normalized spacial score (nSPS) is 12.3. The standard InChI is InChI=1S/C15H19NO4/c1-11(10-20-3)16(2)15(19)13-7-4-12(5-8-13)6-9-14(17)18/h4-9,11H,10H2,1-3H3,(H,17,18). The number of carboxylic acid groups (broad SMARTS) is 1. The second-order valence-electron chi connectivity index (χ2n) is 4.51. The average molecular weight is 277 g/mol. The highest BCUT2D eigenvalue weighted by Gasteiger charge is 2.16. The molecule has 1 unspecified atom stereocenters. The smallest absolute Gasteiger partial charge is 0.328 e. The zero-order chi connectivity index (χ0) is 15.1. The number of hydrogen-bond acceptors (Lipinski definition) is 3. The van der Waals surface area contributed by atoms with E-state index in [1.807, 2.05) is 6.92 Å². The first-order chi connectivity index (χ1) is 9.45. The third-order valence-electron chi connectivity index (χ3n) is 2.97. The second kappa shape index (κ2) is 7.45. The lowest BCUT2D eigenvalue weighted by Gasteiger charge is -2.24. The summed E-state index contributed by atoms with van der Waals surface area (Å²) < 4.78 is 5.03. The van der Waals surface area contributed by atoms with Crippen LogP contribution < -0.4 is 0 Å². The highest BCUT2D eigenvalue weighted by atomic mass is 16.5. The van der Waals surface area contributed by atoms with Gasteiger partial charge in [0.2, 0.25) is 0 Å². The first-order valence-corrected chi connectivity index (χ1v) is 6.23. The Balaban J connectivity index is 2.77. The Morgan fingerprint density at radius 2 is 1.95 bits per heavy atom. The maximum atomic E-state index is 12.2. The molecule has 1 rings (SSSR count). The summed E-state index contributed by atoms with van der Waals surface area (Å²) in [6.07, 6.45) is 2.54. The van der Waals surface area contributed by atoms with E-state index >= 15 is 0 Å². The molecular weight excluding hydrogens is 258 g/mol. The Morgan fingerprint density at radius 1 is 1.35 bits per heavy atom. The molecule has 108 valence electrons. The van der Waals surface area contributed by atoms with Gasteiger partial charge in [-0.3, -0.25) is 4.79 Å². The quantitative estimate of drug-likeness (QED) is 0.806. The van der Waals surface area contributed by atoms with Gasteiger partial charge in [-0.25, -0.2) is 4.79 Å². The Bertz CT molecular complexity index is 493. The largest absolute Gasteiger partial charge is 0.478 e. The maximum absolute atomic E-state index is 12.2. The van der Waals surface area contributed by atoms with Gasteiger partial charge in [0, 0.05) is 25.8 Å². The van der Waals surface area contributed by atoms with Gasteiger partial charge in [-0.15, -0.1) is 0 Å². The fourth-order valence-electron chi connectivity index (χ4n) is 1.66. The van der Waals surface area contributed by atoms with Crippen molar-refractivity contribution in [2.24, 2.45) is 0 Å². The summed E-state index contributed by atoms with van der Waals surface area (Å²) in [5.41, 5.74) is 1.29. The molecule has 20 heavy (non-hydrogen) atoms. The average Bonchev–Trinajstić information content (AvgIpc) is 2.44. The number of likely N-dealkylation sites (N-methyl/N-ethyl adjacent to an activating group) is 1. The Hall–Kier alpha value is -2.14. The van der Waals surface area contributed by atoms with Crippen LogP contribution in [0.1, 0.15) is 22.8 Å². The van der Waals surface area contributed by atoms with Crippen LogP contribution in [-0.4, -0.2) is 48.7 Å². The van der Waals surface area contributed by atoms with Crippen LogP contribution in [0.3, 0.4) is 0 Å². The van der Waals surface area contributed by atoms with Crippen molar-refractivity contribution in [3.8, 4) is 0 Å². The molecule has 0 aliphatic rings. The molecule has 0 heterocycles. The van der Waals surface area contributed by atoms with Gasteiger partial charge in [0.1, 0.15) is 0 Å². The van der Waals surface area contributed by atoms with Gasteiger partial charge in [0.15, 0.2) is 0 Å². The number of rotatable bonds is 6. The van der Waals surface area contributed by atoms with E-state index in [2.05, 4.69) is 0 Å². The van der Waals surface area contributed by atoms with E-state index in [0.717, 1.165) is 11.6 Å². The molecule has 0 fully saturated rings. The molecule has 0 aromatic heterocycles. The van der Waals surface area contributed by atoms with Crippen LogP contribution in [0.2, 0.25) is 0 Å². The molecule has 1 aromatic carbocycles. The van der Waals surface area contributed by atoms with Crippen LogP contribution in [0.25, 0.3) is 6.08 Å². The monoisotopic (exact) mass is 277 g/mol. The van der Waals surface area contributed by atoms with Gasteiger partial charge in [0.05, 0.1) is 12.6 Å². The van der Waals surface area contributed by atoms with Gasteiger partial charge in [-0.2, -0.15) is 0 Å². The number of ether oxygens (including phenoxy) is 1. The lowest BCUT2D eigenvalue weighted by atomic mass is 10.1. The molecule has 0 bridgehead atoms. The molecule has 0 radical (unpaired) electrons. The molecular formula is C15H19NO4. The van der Waals surface area contributed by atoms with E-state index in [4.69, 9.17) is 9.84 Å². The van der Waals surface area contributed by atoms with Crippen molar-refractivity contribution in [1.29, 1.82) is 0 Å². The molecule has 5 nitrogen and oxygen atoms in total. The van der Waals surface area contributed by atoms with Crippen molar-refractivity contribution in [2.75, 3.05) is 20.8 Å². The van der Waals surface area contributed by atoms with E-state index < -0.39 is 5.97 Å². The number of carbonyl (C=O) groups is 2. The first kappa shape index (κ1) is 15.9. The van der Waals surface area contributed by atoms with Gasteiger partial charge in [0.25, 0.3) is 5.91 Å². The molecule has 1 amide bonds. The summed E-state index contributed by atoms with van der Waals surface area (Å²) in [5, 5.41) is 8.54. The zero-order valence-electron chi connectivity index (χ0n) is 11.9. The molecule has 0 spiro atoms. The van der Waals surface area contributed by atoms with Gasteiger partial charge < -0.3 is 14.7 Å². The van der Waals surface area contributed by atoms with Crippen molar-refractivity contribution in [1.82, 2.24) is 4.90 Å². The molecule has 0 aliphatic heterocycles. The minimum absolute atomic E-state index is 0.0147. The van der Waals surface area contributed by atoms with Gasteiger partial charge >= 0.3 is 5.97 Å². The van der Waals surface area contributed by atoms with E-state index in [9.17, 15) is 9.59 Å². The summed E-state index contributed by atoms with van der Waals surface area (Å²) in [5.74, 6) is -1.10. The van der Waals surface area contributed by atoms with Crippen molar-refractivity contribution in [3.05, 3.63) is 41.5 Å². The van der Waals surface area contributed by atoms with Crippen molar-refractivity contribution >= 4 is 18.0 Å². The lowest BCUT2D eigenvalue weighted by molar-refractivity contribution is -0.131. The fourth-order valence-corrected chi connectivity index (χ4v) is 1.66. The number of carboxylic acids is 1. The topological polar surface area (TPSA) is 66.8 Å². The number of carbonyl (C=O) groups excluding carboxylic acids is 1. The third-order valence-corrected chi connectivity index (χ3v) is 2.97. The van der Waals surface area contributed by atoms with Crippen molar-refractivity contribution < 1.29 is 19.4 Å². The van der Waals surface area contributed by atoms with Gasteiger partial charge in [-0.1, -0.05) is 12.1 Å². The predicted molar refractivity (Wildman–Crippen MR) is 76.5 cm³/mol. The minimum atomic E-state index is -1.00. The van der Waals surface area contributed by atoms with Crippen LogP contribution in [0.5, 0.6) is 0 Å². The Morgan fingerprint density at radius 3 is 2.45 bits per heavy atom. The molecule has 5 heteroatoms. The van der Waals surface area contributed by atoms with Crippen LogP contribution in [0.4, 0.5) is 0 Å². The summed E-state index contributed by atoms with van der Waals surface area (Å²) in [6, 6.07) is 6.77. The highest BCUT2D eigenvalue weighted by Crippen LogP contribution is 2.10. The number of hydrogen-bond donors (Lipinski definition) is 1. The second-order valence-corrected chi connectivity index (χ2v) is 4.51. The van der Waals surface area contributed by atoms with E-state index in [0.29, 0.717) is 12.2 Å². The van der Waals surface area contributed by atoms with Crippen LogP contribution in [0, 0.1) is 0 Å². The Kier molecular flexibility index (Phi) is 5.93. The minimum Gasteiger partial charge on any atom is -0.478 e. The molecule has 1 N–H and O–H groups in total. The van der Waals surface area contributed by atoms with Gasteiger partial charge in [-0.05, 0) is 30.7 Å². The van der Waals surface area contributed by atoms with Crippen molar-refractivity contribution in [2.45, 2.75) is 13.0 Å². The third kappa shape index (κ3) is 4.51. The molecule has 0 aliphatic carbocycles. The van der Waals surface area contributed by atoms with E-state index in [1.54, 1.807) is 43.3 Å². The summed E-state index contributed by atoms with van der Waals surface area (Å²) in [4.78, 5) is 24.2. The van der Waals surface area contributed by atoms with Crippen LogP contribution >= 0.6 is 0 Å². The van der Waals surface area contributed by atoms with Crippen LogP contribution in [0.15, 0.2) is 30.3 Å². The molecule has 1 aromatic rings. The van der Waals surface area contributed by atoms with Crippen molar-refractivity contribution in [3.63, 3.8) is 0 Å². The number of methoxy groups -OCH3 is 1. The Labute approximate surface area is 118 Å². The van der Waals surface area contributed by atoms with Crippen LogP contribution in [-0.2, 0) is 9.53 Å². The van der Waals surface area contributed by atoms with E-state index in [1.165, 1.54) is 6.08 Å². The first-order valence-electron chi connectivity index (χ1n) is 6.23. The summed E-state index contributed by atoms with van der Waals surface area (Å²) >= 11 is 0. The fraction of sp³-hybridized carbons (Fsp3) is 0.333. The number of benzene rings is 1. The number of amides is 1. The lowest BCUT2D eigenvalue weighted by Crippen LogP contribution is -2.37. The maximum Gasteiger partial charge on any atom is 0.328 e. The predicted octanol–water partition coefficient (Wildman–Crippen LogP) is 1.89. The summed E-state index contributed by atoms with van der Waals surface area (Å²) in [6.45, 7) is 2.38. The molecule has 1 atom stereocenters. The SMILES string of the molecule is COCC(C)N(C)C(=O)c1ccc(C=CC(=O)O)cc1. The summed E-state index contributed by atoms with van der Waals surface area (Å²) in [7, 11) is 3.32. The highest BCUT2D eigenvalue weighted by molar-refractivity contribution is 5.94. The number of nitrogens with zero attached hydrogens (tertiary/aromatic N) is 1. The van der Waals surface area contributed by atoms with E-state index in [-0.39, 0.29) is 11.9 Å². The zero-order valence-corrected chi connectivity index (χ0v) is 11.9. The molecule has 0 saturated carbocycles. The number of aliphatic carboxylic acids is 1. The molecule has 0 saturated heterocycles.